The zero-order valence-electron chi connectivity index (χ0n) is 13.7. The molecule has 2 nitrogen and oxygen atoms in total. The predicted molar refractivity (Wildman–Crippen MR) is 89.5 cm³/mol. The minimum absolute atomic E-state index is 0.440. The number of piperazine rings is 1. The van der Waals surface area contributed by atoms with Crippen molar-refractivity contribution in [2.75, 3.05) is 13.1 Å². The molecule has 1 aromatic carbocycles. The van der Waals surface area contributed by atoms with Gasteiger partial charge in [-0.3, -0.25) is 4.90 Å². The van der Waals surface area contributed by atoms with Gasteiger partial charge in [0.2, 0.25) is 0 Å². The molecule has 1 aliphatic heterocycles. The number of rotatable bonds is 4. The largest absolute Gasteiger partial charge is 0.311 e. The molecule has 1 heterocycles. The average Bonchev–Trinajstić information content (AvgIpc) is 2.95. The van der Waals surface area contributed by atoms with Crippen LogP contribution >= 0.6 is 0 Å². The molecule has 0 amide bonds. The maximum atomic E-state index is 3.84. The first-order chi connectivity index (χ1) is 10.2. The van der Waals surface area contributed by atoms with Crippen LogP contribution in [0.15, 0.2) is 24.3 Å². The fourth-order valence-corrected chi connectivity index (χ4v) is 4.18. The van der Waals surface area contributed by atoms with E-state index in [2.05, 4.69) is 48.3 Å². The molecule has 1 saturated heterocycles. The normalized spacial score (nSPS) is 25.5. The topological polar surface area (TPSA) is 15.3 Å². The van der Waals surface area contributed by atoms with E-state index in [1.807, 2.05) is 0 Å². The number of hydrogen-bond donors (Lipinski definition) is 1. The van der Waals surface area contributed by atoms with Crippen molar-refractivity contribution in [2.24, 2.45) is 0 Å². The van der Waals surface area contributed by atoms with Gasteiger partial charge in [0, 0.05) is 31.2 Å². The molecule has 1 saturated carbocycles. The Kier molecular flexibility index (Phi) is 4.66. The third-order valence-electron chi connectivity index (χ3n) is 5.50. The molecule has 3 rings (SSSR count). The van der Waals surface area contributed by atoms with Crippen molar-refractivity contribution in [3.05, 3.63) is 35.4 Å². The van der Waals surface area contributed by atoms with Gasteiger partial charge in [-0.05, 0) is 31.7 Å². The van der Waals surface area contributed by atoms with E-state index in [0.29, 0.717) is 11.6 Å². The summed E-state index contributed by atoms with van der Waals surface area (Å²) in [5, 5.41) is 3.84. The van der Waals surface area contributed by atoms with Gasteiger partial charge in [0.25, 0.3) is 0 Å². The summed E-state index contributed by atoms with van der Waals surface area (Å²) < 4.78 is 0. The maximum absolute atomic E-state index is 3.84. The van der Waals surface area contributed by atoms with Crippen LogP contribution in [0.2, 0.25) is 0 Å². The molecule has 2 heteroatoms. The van der Waals surface area contributed by atoms with Crippen LogP contribution in [0.25, 0.3) is 0 Å². The molecule has 0 aromatic heterocycles. The van der Waals surface area contributed by atoms with E-state index in [4.69, 9.17) is 0 Å². The SMILES string of the molecule is CCCC1CN(Cc2ccc(C)cc2)C2(CCCC2)CN1. The molecule has 21 heavy (non-hydrogen) atoms. The maximum Gasteiger partial charge on any atom is 0.0338 e. The van der Waals surface area contributed by atoms with Gasteiger partial charge in [-0.25, -0.2) is 0 Å². The highest BCUT2D eigenvalue weighted by molar-refractivity contribution is 5.22. The van der Waals surface area contributed by atoms with Crippen LogP contribution in [-0.4, -0.2) is 29.6 Å². The highest BCUT2D eigenvalue weighted by Gasteiger charge is 2.42. The number of benzene rings is 1. The Morgan fingerprint density at radius 2 is 1.90 bits per heavy atom. The Bertz CT molecular complexity index is 445. The summed E-state index contributed by atoms with van der Waals surface area (Å²) in [5.74, 6) is 0. The Labute approximate surface area is 129 Å². The molecule has 116 valence electrons. The van der Waals surface area contributed by atoms with E-state index < -0.39 is 0 Å². The molecule has 1 spiro atoms. The summed E-state index contributed by atoms with van der Waals surface area (Å²) in [7, 11) is 0. The van der Waals surface area contributed by atoms with Gasteiger partial charge in [0.1, 0.15) is 0 Å². The van der Waals surface area contributed by atoms with Crippen LogP contribution in [0, 0.1) is 6.92 Å². The van der Waals surface area contributed by atoms with E-state index in [9.17, 15) is 0 Å². The highest BCUT2D eigenvalue weighted by Crippen LogP contribution is 2.38. The molecule has 1 N–H and O–H groups in total. The van der Waals surface area contributed by atoms with Crippen molar-refractivity contribution in [2.45, 2.75) is 70.5 Å². The second-order valence-electron chi connectivity index (χ2n) is 7.16. The Hall–Kier alpha value is -0.860. The zero-order valence-corrected chi connectivity index (χ0v) is 13.7. The summed E-state index contributed by atoms with van der Waals surface area (Å²) in [6, 6.07) is 9.82. The Morgan fingerprint density at radius 3 is 2.57 bits per heavy atom. The predicted octanol–water partition coefficient (Wildman–Crippen LogP) is 3.88. The molecular formula is C19H30N2. The number of nitrogens with one attached hydrogen (secondary N) is 1. The lowest BCUT2D eigenvalue weighted by molar-refractivity contribution is 0.0338. The van der Waals surface area contributed by atoms with Crippen LogP contribution in [0.4, 0.5) is 0 Å². The summed E-state index contributed by atoms with van der Waals surface area (Å²) in [6.45, 7) is 8.02. The zero-order chi connectivity index (χ0) is 14.7. The first kappa shape index (κ1) is 15.1. The number of aryl methyl sites for hydroxylation is 1. The second-order valence-corrected chi connectivity index (χ2v) is 7.16. The molecule has 1 aliphatic carbocycles. The van der Waals surface area contributed by atoms with Crippen molar-refractivity contribution in [1.82, 2.24) is 10.2 Å². The lowest BCUT2D eigenvalue weighted by atomic mass is 9.89. The minimum Gasteiger partial charge on any atom is -0.311 e. The van der Waals surface area contributed by atoms with Crippen LogP contribution in [0.3, 0.4) is 0 Å². The van der Waals surface area contributed by atoms with E-state index in [0.717, 1.165) is 6.54 Å². The fourth-order valence-electron chi connectivity index (χ4n) is 4.18. The lowest BCUT2D eigenvalue weighted by Crippen LogP contribution is -2.63. The summed E-state index contributed by atoms with van der Waals surface area (Å²) >= 11 is 0. The molecule has 2 aliphatic rings. The molecule has 1 aromatic rings. The molecule has 0 radical (unpaired) electrons. The van der Waals surface area contributed by atoms with Crippen molar-refractivity contribution < 1.29 is 0 Å². The van der Waals surface area contributed by atoms with Crippen LogP contribution in [0.1, 0.15) is 56.6 Å². The fraction of sp³-hybridized carbons (Fsp3) is 0.684. The van der Waals surface area contributed by atoms with Crippen LogP contribution in [0.5, 0.6) is 0 Å². The first-order valence-electron chi connectivity index (χ1n) is 8.76. The van der Waals surface area contributed by atoms with Crippen molar-refractivity contribution in [3.8, 4) is 0 Å². The molecular weight excluding hydrogens is 256 g/mol. The Morgan fingerprint density at radius 1 is 1.19 bits per heavy atom. The van der Waals surface area contributed by atoms with Gasteiger partial charge in [-0.2, -0.15) is 0 Å². The van der Waals surface area contributed by atoms with E-state index in [1.165, 1.54) is 62.7 Å². The van der Waals surface area contributed by atoms with E-state index in [-0.39, 0.29) is 0 Å². The van der Waals surface area contributed by atoms with Gasteiger partial charge < -0.3 is 5.32 Å². The molecule has 0 bridgehead atoms. The van der Waals surface area contributed by atoms with Gasteiger partial charge in [-0.1, -0.05) is 56.0 Å². The van der Waals surface area contributed by atoms with Crippen LogP contribution in [-0.2, 0) is 6.54 Å². The minimum atomic E-state index is 0.440. The van der Waals surface area contributed by atoms with Crippen LogP contribution < -0.4 is 5.32 Å². The third kappa shape index (κ3) is 3.32. The number of hydrogen-bond acceptors (Lipinski definition) is 2. The average molecular weight is 286 g/mol. The molecule has 1 atom stereocenters. The lowest BCUT2D eigenvalue weighted by Gasteiger charge is -2.48. The van der Waals surface area contributed by atoms with E-state index >= 15 is 0 Å². The number of nitrogens with zero attached hydrogens (tertiary/aromatic N) is 1. The highest BCUT2D eigenvalue weighted by atomic mass is 15.3. The van der Waals surface area contributed by atoms with Crippen molar-refractivity contribution in [1.29, 1.82) is 0 Å². The smallest absolute Gasteiger partial charge is 0.0338 e. The third-order valence-corrected chi connectivity index (χ3v) is 5.50. The van der Waals surface area contributed by atoms with E-state index in [1.54, 1.807) is 0 Å². The summed E-state index contributed by atoms with van der Waals surface area (Å²) in [6.07, 6.45) is 8.16. The quantitative estimate of drug-likeness (QED) is 0.903. The van der Waals surface area contributed by atoms with Crippen molar-refractivity contribution in [3.63, 3.8) is 0 Å². The standard InChI is InChI=1S/C19H30N2/c1-3-6-18-14-21(13-17-9-7-16(2)8-10-17)19(15-20-18)11-4-5-12-19/h7-10,18,20H,3-6,11-15H2,1-2H3. The van der Waals surface area contributed by atoms with Gasteiger partial charge in [0.05, 0.1) is 0 Å². The monoisotopic (exact) mass is 286 g/mol. The molecule has 1 unspecified atom stereocenters. The first-order valence-corrected chi connectivity index (χ1v) is 8.76. The van der Waals surface area contributed by atoms with Gasteiger partial charge in [0.15, 0.2) is 0 Å². The molecule has 2 fully saturated rings. The summed E-state index contributed by atoms with van der Waals surface area (Å²) in [5.41, 5.74) is 3.28. The van der Waals surface area contributed by atoms with Gasteiger partial charge >= 0.3 is 0 Å². The second kappa shape index (κ2) is 6.50. The van der Waals surface area contributed by atoms with Crippen molar-refractivity contribution >= 4 is 0 Å². The van der Waals surface area contributed by atoms with Gasteiger partial charge in [-0.15, -0.1) is 0 Å². The Balaban J connectivity index is 1.74. The summed E-state index contributed by atoms with van der Waals surface area (Å²) in [4.78, 5) is 2.81.